The molecule has 0 spiro atoms. The molecule has 2 N–H and O–H groups in total. The van der Waals surface area contributed by atoms with Gasteiger partial charge in [0.05, 0.1) is 16.1 Å². The van der Waals surface area contributed by atoms with Crippen molar-refractivity contribution in [1.82, 2.24) is 4.90 Å². The number of aromatic carboxylic acids is 1. The fraction of sp³-hybridized carbons (Fsp3) is 0.167. The normalized spacial score (nSPS) is 18.0. The number of carbonyl (C=O) groups is 2. The minimum absolute atomic E-state index is 0.0632. The van der Waals surface area contributed by atoms with Crippen molar-refractivity contribution in [1.29, 1.82) is 0 Å². The van der Waals surface area contributed by atoms with Gasteiger partial charge in [-0.3, -0.25) is 4.79 Å². The molecule has 1 heterocycles. The standard InChI is InChI=1S/C24H24N2O3S/c1-4-26(3)20-15-17(10-6-5-9-16(20)2)21-13-14-22(30-21)23(27)25-19-12-8-7-11-18(19)24(28)29/h4-8,10-14H,1,9,15H2,2-3H3,(H,25,27)(H,28,29)/b6-5?,17-10+,20-16+. The number of hydrogen-bond acceptors (Lipinski definition) is 4. The number of thiophene rings is 1. The lowest BCUT2D eigenvalue weighted by Gasteiger charge is -2.23. The molecule has 0 saturated carbocycles. The van der Waals surface area contributed by atoms with E-state index in [0.29, 0.717) is 4.88 Å². The van der Waals surface area contributed by atoms with Gasteiger partial charge in [-0.05, 0) is 55.0 Å². The highest BCUT2D eigenvalue weighted by Gasteiger charge is 2.17. The summed E-state index contributed by atoms with van der Waals surface area (Å²) in [4.78, 5) is 27.7. The Hall–Kier alpha value is -3.38. The number of carboxylic acids is 1. The molecule has 1 aromatic heterocycles. The van der Waals surface area contributed by atoms with Crippen molar-refractivity contribution >= 4 is 34.5 Å². The van der Waals surface area contributed by atoms with Crippen molar-refractivity contribution in [3.8, 4) is 0 Å². The molecular formula is C24H24N2O3S. The molecule has 154 valence electrons. The predicted molar refractivity (Wildman–Crippen MR) is 123 cm³/mol. The fourth-order valence-electron chi connectivity index (χ4n) is 3.24. The van der Waals surface area contributed by atoms with Gasteiger partial charge >= 0.3 is 5.97 Å². The predicted octanol–water partition coefficient (Wildman–Crippen LogP) is 5.78. The highest BCUT2D eigenvalue weighted by molar-refractivity contribution is 7.15. The van der Waals surface area contributed by atoms with E-state index in [2.05, 4.69) is 31.0 Å². The van der Waals surface area contributed by atoms with Crippen LogP contribution in [0.1, 0.15) is 44.7 Å². The lowest BCUT2D eigenvalue weighted by molar-refractivity contribution is 0.0698. The Labute approximate surface area is 180 Å². The third-order valence-corrected chi connectivity index (χ3v) is 6.12. The summed E-state index contributed by atoms with van der Waals surface area (Å²) in [6.07, 6.45) is 9.67. The molecule has 1 aliphatic carbocycles. The first kappa shape index (κ1) is 21.3. The molecule has 0 atom stereocenters. The number of para-hydroxylation sites is 1. The van der Waals surface area contributed by atoms with Crippen LogP contribution in [0.25, 0.3) is 5.57 Å². The van der Waals surface area contributed by atoms with Crippen molar-refractivity contribution in [3.05, 3.63) is 94.0 Å². The molecule has 1 amide bonds. The second kappa shape index (κ2) is 9.41. The van der Waals surface area contributed by atoms with E-state index in [-0.39, 0.29) is 17.2 Å². The molecular weight excluding hydrogens is 396 g/mol. The Bertz CT molecular complexity index is 1080. The first-order valence-electron chi connectivity index (χ1n) is 9.54. The van der Waals surface area contributed by atoms with Crippen LogP contribution in [-0.2, 0) is 0 Å². The first-order chi connectivity index (χ1) is 14.4. The van der Waals surface area contributed by atoms with Crippen molar-refractivity contribution in [2.75, 3.05) is 12.4 Å². The molecule has 0 fully saturated rings. The van der Waals surface area contributed by atoms with E-state index < -0.39 is 5.97 Å². The summed E-state index contributed by atoms with van der Waals surface area (Å²) in [6, 6.07) is 10.1. The van der Waals surface area contributed by atoms with Crippen LogP contribution in [0.2, 0.25) is 0 Å². The van der Waals surface area contributed by atoms with Gasteiger partial charge in [0.2, 0.25) is 0 Å². The summed E-state index contributed by atoms with van der Waals surface area (Å²) in [5, 5.41) is 12.0. The van der Waals surface area contributed by atoms with Gasteiger partial charge in [0.1, 0.15) is 0 Å². The molecule has 3 rings (SSSR count). The van der Waals surface area contributed by atoms with Crippen LogP contribution in [0.5, 0.6) is 0 Å². The molecule has 6 heteroatoms. The van der Waals surface area contributed by atoms with Gasteiger partial charge in [0.25, 0.3) is 5.91 Å². The third-order valence-electron chi connectivity index (χ3n) is 4.96. The van der Waals surface area contributed by atoms with Gasteiger partial charge in [-0.2, -0.15) is 0 Å². The van der Waals surface area contributed by atoms with E-state index >= 15 is 0 Å². The number of rotatable bonds is 6. The first-order valence-corrected chi connectivity index (χ1v) is 10.4. The Kier molecular flexibility index (Phi) is 6.69. The maximum absolute atomic E-state index is 12.7. The van der Waals surface area contributed by atoms with Crippen molar-refractivity contribution in [2.24, 2.45) is 0 Å². The summed E-state index contributed by atoms with van der Waals surface area (Å²) >= 11 is 1.39. The Morgan fingerprint density at radius 2 is 2.00 bits per heavy atom. The van der Waals surface area contributed by atoms with Crippen molar-refractivity contribution in [3.63, 3.8) is 0 Å². The number of hydrogen-bond donors (Lipinski definition) is 2. The summed E-state index contributed by atoms with van der Waals surface area (Å²) in [7, 11) is 1.99. The lowest BCUT2D eigenvalue weighted by atomic mass is 9.99. The van der Waals surface area contributed by atoms with Crippen LogP contribution in [0.15, 0.2) is 78.7 Å². The van der Waals surface area contributed by atoms with E-state index in [9.17, 15) is 14.7 Å². The van der Waals surface area contributed by atoms with E-state index in [1.165, 1.54) is 28.7 Å². The maximum atomic E-state index is 12.7. The van der Waals surface area contributed by atoms with E-state index in [0.717, 1.165) is 23.3 Å². The minimum Gasteiger partial charge on any atom is -0.478 e. The maximum Gasteiger partial charge on any atom is 0.337 e. The number of carbonyl (C=O) groups excluding carboxylic acids is 1. The van der Waals surface area contributed by atoms with E-state index in [1.54, 1.807) is 30.5 Å². The molecule has 1 aliphatic rings. The molecule has 2 aromatic rings. The monoisotopic (exact) mass is 420 g/mol. The van der Waals surface area contributed by atoms with Gasteiger partial charge in [-0.15, -0.1) is 11.3 Å². The second-order valence-electron chi connectivity index (χ2n) is 6.99. The third kappa shape index (κ3) is 4.78. The molecule has 0 unspecified atom stereocenters. The van der Waals surface area contributed by atoms with Crippen molar-refractivity contribution in [2.45, 2.75) is 19.8 Å². The lowest BCUT2D eigenvalue weighted by Crippen LogP contribution is -2.13. The van der Waals surface area contributed by atoms with Crippen LogP contribution < -0.4 is 5.32 Å². The summed E-state index contributed by atoms with van der Waals surface area (Å²) < 4.78 is 0. The highest BCUT2D eigenvalue weighted by atomic mass is 32.1. The van der Waals surface area contributed by atoms with Gasteiger partial charge in [0, 0.05) is 24.0 Å². The number of benzene rings is 1. The number of nitrogens with zero attached hydrogens (tertiary/aromatic N) is 1. The largest absolute Gasteiger partial charge is 0.478 e. The summed E-state index contributed by atoms with van der Waals surface area (Å²) in [6.45, 7) is 5.99. The number of anilines is 1. The zero-order valence-electron chi connectivity index (χ0n) is 17.0. The Morgan fingerprint density at radius 3 is 2.73 bits per heavy atom. The molecule has 1 aromatic carbocycles. The minimum atomic E-state index is -1.08. The average molecular weight is 421 g/mol. The number of nitrogens with one attached hydrogen (secondary N) is 1. The SMILES string of the molecule is C=CN(C)/C1=C(\C)CC=C/C=C(/c2ccc(C(=O)Nc3ccccc3C(=O)O)s2)C1. The smallest absolute Gasteiger partial charge is 0.337 e. The zero-order valence-corrected chi connectivity index (χ0v) is 17.8. The van der Waals surface area contributed by atoms with Gasteiger partial charge in [0.15, 0.2) is 0 Å². The Balaban J connectivity index is 1.84. The van der Waals surface area contributed by atoms with Crippen molar-refractivity contribution < 1.29 is 14.7 Å². The van der Waals surface area contributed by atoms with Crippen LogP contribution in [-0.4, -0.2) is 28.9 Å². The molecule has 5 nitrogen and oxygen atoms in total. The molecule has 0 radical (unpaired) electrons. The zero-order chi connectivity index (χ0) is 21.7. The van der Waals surface area contributed by atoms with E-state index in [4.69, 9.17) is 0 Å². The number of amides is 1. The van der Waals surface area contributed by atoms with Gasteiger partial charge < -0.3 is 15.3 Å². The molecule has 30 heavy (non-hydrogen) atoms. The topological polar surface area (TPSA) is 69.6 Å². The van der Waals surface area contributed by atoms with Crippen LogP contribution in [0.3, 0.4) is 0 Å². The van der Waals surface area contributed by atoms with Gasteiger partial charge in [-0.1, -0.05) is 36.9 Å². The van der Waals surface area contributed by atoms with Crippen LogP contribution in [0.4, 0.5) is 5.69 Å². The summed E-state index contributed by atoms with van der Waals surface area (Å²) in [5.74, 6) is -1.40. The number of carboxylic acid groups (broad SMARTS) is 1. The molecule has 0 aliphatic heterocycles. The quantitative estimate of drug-likeness (QED) is 0.621. The fourth-order valence-corrected chi connectivity index (χ4v) is 4.16. The average Bonchev–Trinajstić information content (AvgIpc) is 3.21. The Morgan fingerprint density at radius 1 is 1.23 bits per heavy atom. The summed E-state index contributed by atoms with van der Waals surface area (Å²) in [5.41, 5.74) is 3.93. The second-order valence-corrected chi connectivity index (χ2v) is 8.07. The van der Waals surface area contributed by atoms with Gasteiger partial charge in [-0.25, -0.2) is 4.79 Å². The van der Waals surface area contributed by atoms with Crippen LogP contribution >= 0.6 is 11.3 Å². The molecule has 0 bridgehead atoms. The van der Waals surface area contributed by atoms with Crippen LogP contribution in [0, 0.1) is 0 Å². The van der Waals surface area contributed by atoms with E-state index in [1.807, 2.05) is 24.1 Å². The molecule has 0 saturated heterocycles. The highest BCUT2D eigenvalue weighted by Crippen LogP contribution is 2.33. The number of allylic oxidation sites excluding steroid dienone is 5.